The van der Waals surface area contributed by atoms with Crippen molar-refractivity contribution in [3.05, 3.63) is 29.8 Å². The number of rotatable bonds is 4. The average molecular weight is 435 g/mol. The van der Waals surface area contributed by atoms with Crippen LogP contribution < -0.4 is 4.74 Å². The van der Waals surface area contributed by atoms with Gasteiger partial charge in [0.1, 0.15) is 5.75 Å². The minimum absolute atomic E-state index is 0.342. The van der Waals surface area contributed by atoms with Crippen LogP contribution in [0.3, 0.4) is 0 Å². The Morgan fingerprint density at radius 1 is 0.781 bits per heavy atom. The smallest absolute Gasteiger partial charge is 0.434 e. The highest BCUT2D eigenvalue weighted by Gasteiger charge is 2.67. The van der Waals surface area contributed by atoms with Crippen molar-refractivity contribution in [1.29, 1.82) is 0 Å². The van der Waals surface area contributed by atoms with Gasteiger partial charge in [0.2, 0.25) is 0 Å². The van der Waals surface area contributed by atoms with Crippen molar-refractivity contribution in [2.45, 2.75) is 89.4 Å². The van der Waals surface area contributed by atoms with Gasteiger partial charge in [-0.1, -0.05) is 12.1 Å². The molecule has 1 aromatic rings. The molecule has 1 aromatic carbocycles. The average Bonchev–Trinajstić information content (AvgIpc) is 2.72. The summed E-state index contributed by atoms with van der Waals surface area (Å²) in [4.78, 5) is 11.7. The first-order valence-electron chi connectivity index (χ1n) is 13.4. The molecule has 0 N–H and O–H groups in total. The van der Waals surface area contributed by atoms with Crippen LogP contribution in [0.5, 0.6) is 5.75 Å². The largest absolute Gasteiger partial charge is 0.513 e. The highest BCUT2D eigenvalue weighted by molar-refractivity contribution is 5.63. The summed E-state index contributed by atoms with van der Waals surface area (Å²) in [6.45, 7) is 2.15. The van der Waals surface area contributed by atoms with E-state index in [1.807, 2.05) is 12.1 Å². The van der Waals surface area contributed by atoms with Crippen LogP contribution in [0.4, 0.5) is 4.79 Å². The normalized spacial score (nSPS) is 47.6. The standard InChI is InChI=1S/C29H38O3/c1-2-31-26(30)32-25-5-3-24(4-6-25)27-11-22-10-23(12-27)17-29(16-22,18-27)28-13-19-7-20(14-28)9-21(8-19)15-28/h3-6,19-23H,2,7-18H2,1H3. The SMILES string of the molecule is CCOC(=O)Oc1ccc(C23CC4CC(C2)CC(C25CC6CC(CC(C6)C2)C5)(C4)C3)cc1. The number of carbonyl (C=O) groups is 1. The first kappa shape index (κ1) is 19.9. The summed E-state index contributed by atoms with van der Waals surface area (Å²) in [6.07, 6.45) is 17.5. The van der Waals surface area contributed by atoms with E-state index >= 15 is 0 Å². The lowest BCUT2D eigenvalue weighted by molar-refractivity contribution is -0.205. The van der Waals surface area contributed by atoms with Crippen LogP contribution in [-0.4, -0.2) is 12.8 Å². The predicted octanol–water partition coefficient (Wildman–Crippen LogP) is 7.28. The highest BCUT2D eigenvalue weighted by Crippen LogP contribution is 2.77. The summed E-state index contributed by atoms with van der Waals surface area (Å²) in [5.74, 6) is 5.60. The van der Waals surface area contributed by atoms with Crippen molar-refractivity contribution in [2.24, 2.45) is 40.4 Å². The van der Waals surface area contributed by atoms with E-state index in [1.54, 1.807) is 45.4 Å². The lowest BCUT2D eigenvalue weighted by Crippen LogP contribution is -2.63. The molecule has 172 valence electrons. The van der Waals surface area contributed by atoms with Gasteiger partial charge < -0.3 is 9.47 Å². The molecule has 8 saturated carbocycles. The third-order valence-corrected chi connectivity index (χ3v) is 11.2. The number of hydrogen-bond acceptors (Lipinski definition) is 3. The first-order valence-corrected chi connectivity index (χ1v) is 13.4. The fourth-order valence-corrected chi connectivity index (χ4v) is 11.1. The number of carbonyl (C=O) groups excluding carboxylic acids is 1. The van der Waals surface area contributed by atoms with Crippen LogP contribution >= 0.6 is 0 Å². The maximum absolute atomic E-state index is 11.7. The molecule has 2 atom stereocenters. The Morgan fingerprint density at radius 2 is 1.31 bits per heavy atom. The minimum atomic E-state index is -0.601. The Hall–Kier alpha value is -1.51. The lowest BCUT2D eigenvalue weighted by Gasteiger charge is -2.72. The summed E-state index contributed by atoms with van der Waals surface area (Å²) < 4.78 is 10.3. The third kappa shape index (κ3) is 2.81. The predicted molar refractivity (Wildman–Crippen MR) is 123 cm³/mol. The molecule has 32 heavy (non-hydrogen) atoms. The molecular weight excluding hydrogens is 396 g/mol. The third-order valence-electron chi connectivity index (χ3n) is 11.2. The zero-order chi connectivity index (χ0) is 21.6. The Labute approximate surface area is 192 Å². The molecule has 0 spiro atoms. The molecule has 8 fully saturated rings. The van der Waals surface area contributed by atoms with Crippen LogP contribution in [0.25, 0.3) is 0 Å². The van der Waals surface area contributed by atoms with Crippen molar-refractivity contribution in [3.8, 4) is 5.75 Å². The first-order chi connectivity index (χ1) is 15.5. The van der Waals surface area contributed by atoms with Gasteiger partial charge in [-0.05, 0) is 148 Å². The second-order valence-corrected chi connectivity index (χ2v) is 13.0. The minimum Gasteiger partial charge on any atom is -0.434 e. The molecule has 0 aromatic heterocycles. The van der Waals surface area contributed by atoms with Gasteiger partial charge in [-0.25, -0.2) is 4.79 Å². The van der Waals surface area contributed by atoms with E-state index in [-0.39, 0.29) is 0 Å². The monoisotopic (exact) mass is 434 g/mol. The quantitative estimate of drug-likeness (QED) is 0.369. The molecule has 0 heterocycles. The summed E-state index contributed by atoms with van der Waals surface area (Å²) in [7, 11) is 0. The van der Waals surface area contributed by atoms with Gasteiger partial charge in [-0.2, -0.15) is 0 Å². The number of ether oxygens (including phenoxy) is 2. The summed E-state index contributed by atoms with van der Waals surface area (Å²) in [5, 5.41) is 0. The molecule has 8 aliphatic carbocycles. The molecule has 8 bridgehead atoms. The maximum Gasteiger partial charge on any atom is 0.513 e. The molecule has 3 heteroatoms. The topological polar surface area (TPSA) is 35.5 Å². The van der Waals surface area contributed by atoms with E-state index in [9.17, 15) is 4.79 Å². The molecule has 3 nitrogen and oxygen atoms in total. The molecule has 2 unspecified atom stereocenters. The summed E-state index contributed by atoms with van der Waals surface area (Å²) in [6, 6.07) is 8.55. The van der Waals surface area contributed by atoms with Gasteiger partial charge in [0, 0.05) is 0 Å². The number of benzene rings is 1. The molecule has 0 amide bonds. The molecule has 0 radical (unpaired) electrons. The summed E-state index contributed by atoms with van der Waals surface area (Å²) in [5.41, 5.74) is 3.14. The van der Waals surface area contributed by atoms with E-state index < -0.39 is 6.16 Å². The van der Waals surface area contributed by atoms with Gasteiger partial charge in [0.15, 0.2) is 0 Å². The van der Waals surface area contributed by atoms with Gasteiger partial charge >= 0.3 is 6.16 Å². The van der Waals surface area contributed by atoms with Gasteiger partial charge in [-0.3, -0.25) is 0 Å². The second kappa shape index (κ2) is 6.76. The van der Waals surface area contributed by atoms with Gasteiger partial charge in [0.25, 0.3) is 0 Å². The van der Waals surface area contributed by atoms with E-state index in [0.29, 0.717) is 28.6 Å². The zero-order valence-electron chi connectivity index (χ0n) is 19.6. The van der Waals surface area contributed by atoms with Crippen LogP contribution in [0.2, 0.25) is 0 Å². The van der Waals surface area contributed by atoms with Crippen molar-refractivity contribution in [1.82, 2.24) is 0 Å². The Morgan fingerprint density at radius 3 is 1.88 bits per heavy atom. The van der Waals surface area contributed by atoms with Crippen molar-refractivity contribution < 1.29 is 14.3 Å². The molecule has 9 rings (SSSR count). The van der Waals surface area contributed by atoms with E-state index in [4.69, 9.17) is 9.47 Å². The van der Waals surface area contributed by atoms with E-state index in [2.05, 4.69) is 12.1 Å². The van der Waals surface area contributed by atoms with Crippen LogP contribution in [0.1, 0.15) is 89.5 Å². The summed E-state index contributed by atoms with van der Waals surface area (Å²) >= 11 is 0. The Balaban J connectivity index is 1.21. The van der Waals surface area contributed by atoms with E-state index in [1.165, 1.54) is 44.1 Å². The van der Waals surface area contributed by atoms with Crippen molar-refractivity contribution in [2.75, 3.05) is 6.61 Å². The molecular formula is C29H38O3. The van der Waals surface area contributed by atoms with Crippen molar-refractivity contribution in [3.63, 3.8) is 0 Å². The van der Waals surface area contributed by atoms with Crippen LogP contribution in [0.15, 0.2) is 24.3 Å². The zero-order valence-corrected chi connectivity index (χ0v) is 19.6. The molecule has 0 aliphatic heterocycles. The Bertz CT molecular complexity index is 866. The van der Waals surface area contributed by atoms with Crippen LogP contribution in [-0.2, 0) is 10.2 Å². The maximum atomic E-state index is 11.7. The van der Waals surface area contributed by atoms with Gasteiger partial charge in [-0.15, -0.1) is 0 Å². The second-order valence-electron chi connectivity index (χ2n) is 13.0. The van der Waals surface area contributed by atoms with Crippen molar-refractivity contribution >= 4 is 6.16 Å². The van der Waals surface area contributed by atoms with Gasteiger partial charge in [0.05, 0.1) is 6.61 Å². The molecule has 8 aliphatic rings. The number of hydrogen-bond donors (Lipinski definition) is 0. The lowest BCUT2D eigenvalue weighted by atomic mass is 9.32. The fraction of sp³-hybridized carbons (Fsp3) is 0.759. The Kier molecular flexibility index (Phi) is 4.21. The fourth-order valence-electron chi connectivity index (χ4n) is 11.1. The molecule has 0 saturated heterocycles. The van der Waals surface area contributed by atoms with Crippen LogP contribution in [0, 0.1) is 40.4 Å². The van der Waals surface area contributed by atoms with E-state index in [0.717, 1.165) is 29.6 Å². The highest BCUT2D eigenvalue weighted by atomic mass is 16.7.